The zero-order valence-corrected chi connectivity index (χ0v) is 15.8. The van der Waals surface area contributed by atoms with Gasteiger partial charge in [-0.25, -0.2) is 4.79 Å². The van der Waals surface area contributed by atoms with Gasteiger partial charge in [0.2, 0.25) is 0 Å². The molecule has 0 saturated carbocycles. The van der Waals surface area contributed by atoms with Gasteiger partial charge in [-0.05, 0) is 42.5 Å². The molecule has 0 spiro atoms. The number of rotatable bonds is 6. The molecule has 2 fully saturated rings. The molecular formula is C20H25N5O3. The number of hydrogen-bond donors (Lipinski definition) is 2. The second kappa shape index (κ2) is 9.41. The number of piperidine rings is 2. The third kappa shape index (κ3) is 5.35. The number of nitrogens with zero attached hydrogens (tertiary/aromatic N) is 4. The van der Waals surface area contributed by atoms with Crippen LogP contribution in [0.25, 0.3) is 0 Å². The summed E-state index contributed by atoms with van der Waals surface area (Å²) in [7, 11) is 0. The topological polar surface area (TPSA) is 113 Å². The van der Waals surface area contributed by atoms with Gasteiger partial charge in [0.05, 0.1) is 17.7 Å². The summed E-state index contributed by atoms with van der Waals surface area (Å²) < 4.78 is 5.62. The maximum Gasteiger partial charge on any atom is 0.318 e. The maximum atomic E-state index is 12.1. The lowest BCUT2D eigenvalue weighted by molar-refractivity contribution is 0.00929. The van der Waals surface area contributed by atoms with Crippen LogP contribution >= 0.6 is 0 Å². The molecule has 148 valence electrons. The molecular weight excluding hydrogens is 358 g/mol. The van der Waals surface area contributed by atoms with Gasteiger partial charge >= 0.3 is 6.03 Å². The highest BCUT2D eigenvalue weighted by Gasteiger charge is 2.36. The summed E-state index contributed by atoms with van der Waals surface area (Å²) in [5.74, 6) is 1.39. The summed E-state index contributed by atoms with van der Waals surface area (Å²) in [6, 6.07) is 10.6. The van der Waals surface area contributed by atoms with E-state index in [4.69, 9.17) is 15.3 Å². The molecule has 2 aliphatic rings. The Labute approximate surface area is 164 Å². The van der Waals surface area contributed by atoms with Crippen LogP contribution in [0.1, 0.15) is 12.0 Å². The molecule has 2 amide bonds. The second-order valence-electron chi connectivity index (χ2n) is 7.51. The first-order chi connectivity index (χ1) is 13.6. The fraction of sp³-hybridized carbons (Fsp3) is 0.550. The average molecular weight is 383 g/mol. The molecule has 2 N–H and O–H groups in total. The summed E-state index contributed by atoms with van der Waals surface area (Å²) in [4.78, 5) is 16.1. The Balaban J connectivity index is 1.43. The number of aliphatic hydroxyl groups excluding tert-OH is 1. The van der Waals surface area contributed by atoms with Crippen molar-refractivity contribution >= 4 is 6.03 Å². The van der Waals surface area contributed by atoms with E-state index in [2.05, 4.69) is 16.3 Å². The van der Waals surface area contributed by atoms with E-state index in [1.165, 1.54) is 0 Å². The van der Waals surface area contributed by atoms with Crippen molar-refractivity contribution in [2.75, 3.05) is 45.9 Å². The van der Waals surface area contributed by atoms with E-state index in [1.807, 2.05) is 6.07 Å². The van der Waals surface area contributed by atoms with Crippen LogP contribution in [0.4, 0.5) is 4.79 Å². The number of carbonyl (C=O) groups excluding carboxylic acids is 1. The third-order valence-corrected chi connectivity index (χ3v) is 5.16. The van der Waals surface area contributed by atoms with Crippen LogP contribution in [0, 0.1) is 34.5 Å². The monoisotopic (exact) mass is 383 g/mol. The Morgan fingerprint density at radius 1 is 1.21 bits per heavy atom. The minimum Gasteiger partial charge on any atom is -0.491 e. The molecule has 2 heterocycles. The Kier molecular flexibility index (Phi) is 6.70. The number of carbonyl (C=O) groups is 1. The lowest BCUT2D eigenvalue weighted by atomic mass is 9.84. The fourth-order valence-electron chi connectivity index (χ4n) is 4.10. The van der Waals surface area contributed by atoms with Crippen LogP contribution in [0.5, 0.6) is 5.75 Å². The molecule has 1 aromatic rings. The van der Waals surface area contributed by atoms with E-state index in [9.17, 15) is 9.90 Å². The minimum absolute atomic E-state index is 0.0300. The third-order valence-electron chi connectivity index (χ3n) is 5.16. The zero-order valence-electron chi connectivity index (χ0n) is 15.8. The highest BCUT2D eigenvalue weighted by Crippen LogP contribution is 2.28. The predicted octanol–water partition coefficient (Wildman–Crippen LogP) is 0.785. The first-order valence-electron chi connectivity index (χ1n) is 9.50. The van der Waals surface area contributed by atoms with Gasteiger partial charge in [-0.15, -0.1) is 0 Å². The van der Waals surface area contributed by atoms with E-state index < -0.39 is 6.10 Å². The SMILES string of the molecule is N#CCNC(=O)N1CC2CC(CN(C[C@H](O)COc3ccc(C#N)cc3)C2)C1. The molecule has 8 nitrogen and oxygen atoms in total. The van der Waals surface area contributed by atoms with Gasteiger partial charge < -0.3 is 20.1 Å². The molecule has 2 saturated heterocycles. The van der Waals surface area contributed by atoms with Crippen molar-refractivity contribution in [3.63, 3.8) is 0 Å². The summed E-state index contributed by atoms with van der Waals surface area (Å²) >= 11 is 0. The van der Waals surface area contributed by atoms with Crippen LogP contribution in [0.15, 0.2) is 24.3 Å². The van der Waals surface area contributed by atoms with Crippen molar-refractivity contribution in [3.05, 3.63) is 29.8 Å². The van der Waals surface area contributed by atoms with Gasteiger partial charge in [0, 0.05) is 32.7 Å². The van der Waals surface area contributed by atoms with Crippen molar-refractivity contribution in [1.82, 2.24) is 15.1 Å². The number of amides is 2. The maximum absolute atomic E-state index is 12.1. The number of fused-ring (bicyclic) bond motifs is 2. The quantitative estimate of drug-likeness (QED) is 0.702. The van der Waals surface area contributed by atoms with Gasteiger partial charge in [-0.1, -0.05) is 0 Å². The van der Waals surface area contributed by atoms with E-state index >= 15 is 0 Å². The van der Waals surface area contributed by atoms with Crippen molar-refractivity contribution < 1.29 is 14.6 Å². The highest BCUT2D eigenvalue weighted by molar-refractivity contribution is 5.74. The standard InChI is InChI=1S/C20H25N5O3/c21-5-6-23-20(27)25-11-16-7-17(12-25)10-24(9-16)13-18(26)14-28-19-3-1-15(8-22)2-4-19/h1-4,16-18,26H,6-7,9-14H2,(H,23,27)/t16?,17?,18-/m0/s1. The van der Waals surface area contributed by atoms with Crippen molar-refractivity contribution in [2.24, 2.45) is 11.8 Å². The predicted molar refractivity (Wildman–Crippen MR) is 101 cm³/mol. The molecule has 28 heavy (non-hydrogen) atoms. The zero-order chi connectivity index (χ0) is 19.9. The first-order valence-corrected chi connectivity index (χ1v) is 9.50. The highest BCUT2D eigenvalue weighted by atomic mass is 16.5. The molecule has 2 unspecified atom stereocenters. The Hall–Kier alpha value is -2.81. The molecule has 2 aliphatic heterocycles. The summed E-state index contributed by atoms with van der Waals surface area (Å²) in [6.07, 6.45) is 0.487. The fourth-order valence-corrected chi connectivity index (χ4v) is 4.10. The largest absolute Gasteiger partial charge is 0.491 e. The molecule has 0 radical (unpaired) electrons. The second-order valence-corrected chi connectivity index (χ2v) is 7.51. The Morgan fingerprint density at radius 3 is 2.50 bits per heavy atom. The number of nitrogens with one attached hydrogen (secondary N) is 1. The molecule has 2 bridgehead atoms. The van der Waals surface area contributed by atoms with Crippen LogP contribution in [0.2, 0.25) is 0 Å². The number of aliphatic hydroxyl groups is 1. The number of hydrogen-bond acceptors (Lipinski definition) is 6. The number of urea groups is 1. The molecule has 3 rings (SSSR count). The van der Waals surface area contributed by atoms with E-state index in [-0.39, 0.29) is 19.2 Å². The summed E-state index contributed by atoms with van der Waals surface area (Å²) in [5, 5.41) is 30.4. The molecule has 8 heteroatoms. The van der Waals surface area contributed by atoms with E-state index in [0.29, 0.717) is 42.8 Å². The Morgan fingerprint density at radius 2 is 1.89 bits per heavy atom. The summed E-state index contributed by atoms with van der Waals surface area (Å²) in [5.41, 5.74) is 0.572. The summed E-state index contributed by atoms with van der Waals surface area (Å²) in [6.45, 7) is 3.80. The van der Waals surface area contributed by atoms with Gasteiger partial charge in [0.25, 0.3) is 0 Å². The average Bonchev–Trinajstić information content (AvgIpc) is 2.70. The normalized spacial score (nSPS) is 22.6. The molecule has 0 aliphatic carbocycles. The Bertz CT molecular complexity index is 741. The van der Waals surface area contributed by atoms with Gasteiger partial charge in [0.1, 0.15) is 25.0 Å². The molecule has 1 aromatic carbocycles. The van der Waals surface area contributed by atoms with E-state index in [0.717, 1.165) is 19.5 Å². The first kappa shape index (κ1) is 19.9. The molecule has 0 aromatic heterocycles. The lowest BCUT2D eigenvalue weighted by Crippen LogP contribution is -2.57. The van der Waals surface area contributed by atoms with Gasteiger partial charge in [-0.3, -0.25) is 4.90 Å². The van der Waals surface area contributed by atoms with Crippen LogP contribution in [0.3, 0.4) is 0 Å². The number of nitriles is 2. The lowest BCUT2D eigenvalue weighted by Gasteiger charge is -2.46. The number of benzene rings is 1. The van der Waals surface area contributed by atoms with Crippen LogP contribution in [-0.2, 0) is 0 Å². The van der Waals surface area contributed by atoms with Gasteiger partial charge in [0.15, 0.2) is 0 Å². The van der Waals surface area contributed by atoms with Crippen molar-refractivity contribution in [2.45, 2.75) is 12.5 Å². The number of ether oxygens (including phenoxy) is 1. The molecule has 3 atom stereocenters. The number of likely N-dealkylation sites (tertiary alicyclic amines) is 2. The van der Waals surface area contributed by atoms with E-state index in [1.54, 1.807) is 29.2 Å². The van der Waals surface area contributed by atoms with Crippen molar-refractivity contribution in [1.29, 1.82) is 10.5 Å². The van der Waals surface area contributed by atoms with Crippen LogP contribution < -0.4 is 10.1 Å². The van der Waals surface area contributed by atoms with Crippen molar-refractivity contribution in [3.8, 4) is 17.9 Å². The number of β-amino-alcohol motifs (C(OH)–C–C–N with tert-alkyl or cyclic N) is 1. The van der Waals surface area contributed by atoms with Crippen LogP contribution in [-0.4, -0.2) is 72.9 Å². The smallest absolute Gasteiger partial charge is 0.318 e. The van der Waals surface area contributed by atoms with Gasteiger partial charge in [-0.2, -0.15) is 10.5 Å². The minimum atomic E-state index is -0.607.